The Kier molecular flexibility index (Phi) is 4.92. The third-order valence-corrected chi connectivity index (χ3v) is 4.04. The van der Waals surface area contributed by atoms with E-state index in [2.05, 4.69) is 43.2 Å². The van der Waals surface area contributed by atoms with Gasteiger partial charge in [-0.1, -0.05) is 6.07 Å². The summed E-state index contributed by atoms with van der Waals surface area (Å²) in [5.74, 6) is 0.339. The van der Waals surface area contributed by atoms with Gasteiger partial charge in [0.15, 0.2) is 0 Å². The van der Waals surface area contributed by atoms with Gasteiger partial charge in [-0.15, -0.1) is 11.6 Å². The van der Waals surface area contributed by atoms with E-state index in [1.54, 1.807) is 6.07 Å². The van der Waals surface area contributed by atoms with Gasteiger partial charge in [-0.25, -0.2) is 9.97 Å². The Bertz CT molecular complexity index is 872. The van der Waals surface area contributed by atoms with Crippen molar-refractivity contribution in [2.45, 2.75) is 0 Å². The first-order valence-electron chi connectivity index (χ1n) is 6.79. The Labute approximate surface area is 151 Å². The fourth-order valence-electron chi connectivity index (χ4n) is 2.13. The van der Waals surface area contributed by atoms with Gasteiger partial charge in [0.25, 0.3) is 0 Å². The van der Waals surface area contributed by atoms with E-state index in [9.17, 15) is 4.79 Å². The molecule has 0 saturated heterocycles. The molecule has 0 aliphatic carbocycles. The van der Waals surface area contributed by atoms with Crippen LogP contribution in [0.4, 0.5) is 17.2 Å². The van der Waals surface area contributed by atoms with E-state index in [-0.39, 0.29) is 11.8 Å². The first-order valence-corrected chi connectivity index (χ1v) is 8.40. The smallest absolute Gasteiger partial charge is 0.239 e. The van der Waals surface area contributed by atoms with E-state index in [1.807, 2.05) is 36.4 Å². The first kappa shape index (κ1) is 15.9. The molecule has 0 radical (unpaired) electrons. The summed E-state index contributed by atoms with van der Waals surface area (Å²) >= 11 is 7.78. The molecule has 3 aromatic rings. The average Bonchev–Trinajstić information content (AvgIpc) is 2.55. The zero-order valence-electron chi connectivity index (χ0n) is 11.9. The van der Waals surface area contributed by atoms with Crippen LogP contribution in [0.25, 0.3) is 10.9 Å². The maximum atomic E-state index is 11.4. The average molecular weight is 436 g/mol. The second kappa shape index (κ2) is 7.10. The second-order valence-electron chi connectivity index (χ2n) is 4.77. The van der Waals surface area contributed by atoms with Gasteiger partial charge in [0, 0.05) is 20.3 Å². The lowest BCUT2D eigenvalue weighted by Gasteiger charge is -2.10. The molecule has 23 heavy (non-hydrogen) atoms. The van der Waals surface area contributed by atoms with E-state index in [1.165, 1.54) is 6.33 Å². The predicted octanol–water partition coefficient (Wildman–Crippen LogP) is 4.16. The van der Waals surface area contributed by atoms with Crippen molar-refractivity contribution in [1.29, 1.82) is 0 Å². The number of aromatic nitrogens is 2. The molecule has 0 unspecified atom stereocenters. The third-order valence-electron chi connectivity index (χ3n) is 3.13. The number of anilines is 3. The zero-order chi connectivity index (χ0) is 16.2. The Morgan fingerprint density at radius 1 is 1.13 bits per heavy atom. The van der Waals surface area contributed by atoms with Crippen molar-refractivity contribution in [3.63, 3.8) is 0 Å². The largest absolute Gasteiger partial charge is 0.340 e. The van der Waals surface area contributed by atoms with Crippen LogP contribution < -0.4 is 10.6 Å². The Morgan fingerprint density at radius 2 is 2.00 bits per heavy atom. The molecule has 0 spiro atoms. The molecule has 2 N–H and O–H groups in total. The summed E-state index contributed by atoms with van der Waals surface area (Å²) in [7, 11) is 0. The number of carbonyl (C=O) groups is 1. The third kappa shape index (κ3) is 3.89. The maximum Gasteiger partial charge on any atom is 0.239 e. The molecule has 1 heterocycles. The van der Waals surface area contributed by atoms with E-state index in [0.29, 0.717) is 11.5 Å². The molecule has 0 saturated carbocycles. The number of hydrogen-bond acceptors (Lipinski definition) is 4. The van der Waals surface area contributed by atoms with Crippen LogP contribution in [0, 0.1) is 3.57 Å². The number of hydrogen-bond donors (Lipinski definition) is 2. The number of rotatable bonds is 4. The summed E-state index contributed by atoms with van der Waals surface area (Å²) in [6.45, 7) is 0. The summed E-state index contributed by atoms with van der Waals surface area (Å²) in [4.78, 5) is 20.0. The van der Waals surface area contributed by atoms with E-state index in [0.717, 1.165) is 20.2 Å². The van der Waals surface area contributed by atoms with Crippen LogP contribution in [-0.4, -0.2) is 21.8 Å². The molecular formula is C16H12ClIN4O. The fourth-order valence-corrected chi connectivity index (χ4v) is 2.74. The summed E-state index contributed by atoms with van der Waals surface area (Å²) in [5, 5.41) is 6.83. The highest BCUT2D eigenvalue weighted by Gasteiger charge is 2.07. The highest BCUT2D eigenvalue weighted by Crippen LogP contribution is 2.26. The number of halogens is 2. The fraction of sp³-hybridized carbons (Fsp3) is 0.0625. The van der Waals surface area contributed by atoms with Crippen LogP contribution >= 0.6 is 34.2 Å². The van der Waals surface area contributed by atoms with E-state index in [4.69, 9.17) is 11.6 Å². The minimum absolute atomic E-state index is 0.0864. The van der Waals surface area contributed by atoms with Crippen molar-refractivity contribution in [2.24, 2.45) is 0 Å². The second-order valence-corrected chi connectivity index (χ2v) is 6.28. The van der Waals surface area contributed by atoms with Crippen LogP contribution in [0.2, 0.25) is 0 Å². The van der Waals surface area contributed by atoms with Crippen molar-refractivity contribution in [2.75, 3.05) is 16.5 Å². The van der Waals surface area contributed by atoms with Crippen molar-refractivity contribution in [3.05, 3.63) is 52.4 Å². The van der Waals surface area contributed by atoms with Gasteiger partial charge in [0.1, 0.15) is 18.0 Å². The molecule has 0 atom stereocenters. The first-order chi connectivity index (χ1) is 11.2. The number of carbonyl (C=O) groups excluding carboxylic acids is 1. The maximum absolute atomic E-state index is 11.4. The predicted molar refractivity (Wildman–Crippen MR) is 101 cm³/mol. The number of amides is 1. The normalized spacial score (nSPS) is 10.5. The van der Waals surface area contributed by atoms with Gasteiger partial charge in [-0.2, -0.15) is 0 Å². The Balaban J connectivity index is 1.99. The molecule has 116 valence electrons. The van der Waals surface area contributed by atoms with Gasteiger partial charge >= 0.3 is 0 Å². The van der Waals surface area contributed by atoms with Gasteiger partial charge < -0.3 is 10.6 Å². The summed E-state index contributed by atoms with van der Waals surface area (Å²) in [6, 6.07) is 13.4. The molecule has 0 bridgehead atoms. The van der Waals surface area contributed by atoms with Crippen molar-refractivity contribution in [3.8, 4) is 0 Å². The molecule has 3 rings (SSSR count). The molecule has 2 aromatic carbocycles. The van der Waals surface area contributed by atoms with Crippen LogP contribution in [0.1, 0.15) is 0 Å². The summed E-state index contributed by atoms with van der Waals surface area (Å²) in [6.07, 6.45) is 1.51. The number of benzene rings is 2. The van der Waals surface area contributed by atoms with E-state index >= 15 is 0 Å². The lowest BCUT2D eigenvalue weighted by molar-refractivity contribution is -0.113. The number of fused-ring (bicyclic) bond motifs is 1. The summed E-state index contributed by atoms with van der Waals surface area (Å²) in [5.41, 5.74) is 2.38. The van der Waals surface area contributed by atoms with Crippen molar-refractivity contribution in [1.82, 2.24) is 9.97 Å². The highest BCUT2D eigenvalue weighted by atomic mass is 124. The lowest BCUT2D eigenvalue weighted by atomic mass is 10.2. The molecule has 7 heteroatoms. The quantitative estimate of drug-likeness (QED) is 0.477. The monoisotopic (exact) mass is 435 g/mol. The van der Waals surface area contributed by atoms with Gasteiger partial charge in [-0.05, 0) is 59.0 Å². The molecule has 0 fully saturated rings. The minimum Gasteiger partial charge on any atom is -0.340 e. The van der Waals surface area contributed by atoms with Gasteiger partial charge in [0.2, 0.25) is 5.91 Å². The molecule has 0 aliphatic heterocycles. The molecule has 1 amide bonds. The van der Waals surface area contributed by atoms with Crippen LogP contribution in [0.5, 0.6) is 0 Å². The summed E-state index contributed by atoms with van der Waals surface area (Å²) < 4.78 is 1.13. The zero-order valence-corrected chi connectivity index (χ0v) is 14.8. The standard InChI is InChI=1S/C16H12ClIN4O/c17-8-15(23)21-12-4-5-14-13(7-12)16(20-9-19-14)22-11-3-1-2-10(18)6-11/h1-7,9H,8H2,(H,21,23)(H,19,20,22)/i18-3. The molecular weight excluding hydrogens is 424 g/mol. The molecule has 1 aromatic heterocycles. The number of nitrogens with one attached hydrogen (secondary N) is 2. The Morgan fingerprint density at radius 3 is 2.78 bits per heavy atom. The highest BCUT2D eigenvalue weighted by molar-refractivity contribution is 14.1. The van der Waals surface area contributed by atoms with E-state index < -0.39 is 0 Å². The topological polar surface area (TPSA) is 66.9 Å². The number of alkyl halides is 1. The molecule has 5 nitrogen and oxygen atoms in total. The molecule has 0 aliphatic rings. The SMILES string of the molecule is O=C(CCl)Nc1ccc2ncnc(Nc3cccc([124I])c3)c2c1. The Hall–Kier alpha value is -1.93. The minimum atomic E-state index is -0.255. The van der Waals surface area contributed by atoms with Crippen LogP contribution in [0.3, 0.4) is 0 Å². The van der Waals surface area contributed by atoms with Gasteiger partial charge in [-0.3, -0.25) is 4.79 Å². The van der Waals surface area contributed by atoms with Gasteiger partial charge in [0.05, 0.1) is 5.52 Å². The van der Waals surface area contributed by atoms with Crippen LogP contribution in [-0.2, 0) is 4.79 Å². The number of nitrogens with zero attached hydrogens (tertiary/aromatic N) is 2. The van der Waals surface area contributed by atoms with Crippen molar-refractivity contribution >= 4 is 68.2 Å². The lowest BCUT2D eigenvalue weighted by Crippen LogP contribution is -2.12. The van der Waals surface area contributed by atoms with Crippen molar-refractivity contribution < 1.29 is 4.79 Å². The van der Waals surface area contributed by atoms with Crippen LogP contribution in [0.15, 0.2) is 48.8 Å².